The fourth-order valence-electron chi connectivity index (χ4n) is 2.00. The molecule has 0 bridgehead atoms. The van der Waals surface area contributed by atoms with Crippen LogP contribution >= 0.6 is 34.9 Å². The van der Waals surface area contributed by atoms with Crippen LogP contribution in [0, 0.1) is 12.8 Å². The van der Waals surface area contributed by atoms with Gasteiger partial charge in [0.25, 0.3) is 0 Å². The van der Waals surface area contributed by atoms with E-state index in [4.69, 9.17) is 22.7 Å². The monoisotopic (exact) mass is 322 g/mol. The van der Waals surface area contributed by atoms with Gasteiger partial charge in [0.2, 0.25) is 0 Å². The summed E-state index contributed by atoms with van der Waals surface area (Å²) in [6.45, 7) is 4.51. The van der Waals surface area contributed by atoms with Crippen LogP contribution in [0.4, 0.5) is 0 Å². The van der Waals surface area contributed by atoms with Crippen molar-refractivity contribution in [3.8, 4) is 5.75 Å². The average molecular weight is 322 g/mol. The largest absolute Gasteiger partial charge is 0.492 e. The fraction of sp³-hybridized carbons (Fsp3) is 0.286. The highest BCUT2D eigenvalue weighted by Crippen LogP contribution is 2.38. The van der Waals surface area contributed by atoms with Gasteiger partial charge in [-0.2, -0.15) is 0 Å². The molecule has 0 radical (unpaired) electrons. The van der Waals surface area contributed by atoms with Crippen molar-refractivity contribution >= 4 is 60.2 Å². The lowest BCUT2D eigenvalue weighted by Crippen LogP contribution is -2.24. The number of benzene rings is 1. The van der Waals surface area contributed by atoms with Crippen molar-refractivity contribution in [2.24, 2.45) is 11.7 Å². The SMILES string of the molecule is Cc1nc2c(cc(OCC(C)C(N)=S)c3ccsc32)s1. The summed E-state index contributed by atoms with van der Waals surface area (Å²) in [6.07, 6.45) is 0. The Morgan fingerprint density at radius 1 is 1.55 bits per heavy atom. The summed E-state index contributed by atoms with van der Waals surface area (Å²) in [6, 6.07) is 4.15. The van der Waals surface area contributed by atoms with Crippen LogP contribution in [-0.4, -0.2) is 16.6 Å². The van der Waals surface area contributed by atoms with Gasteiger partial charge in [-0.05, 0) is 18.4 Å². The maximum atomic E-state index is 5.94. The third-order valence-corrected chi connectivity index (χ3v) is 5.38. The molecule has 0 saturated carbocycles. The number of thiophene rings is 1. The highest BCUT2D eigenvalue weighted by Gasteiger charge is 2.14. The molecule has 2 aromatic heterocycles. The summed E-state index contributed by atoms with van der Waals surface area (Å²) in [4.78, 5) is 5.10. The van der Waals surface area contributed by atoms with Crippen LogP contribution in [0.3, 0.4) is 0 Å². The van der Waals surface area contributed by atoms with E-state index < -0.39 is 0 Å². The van der Waals surface area contributed by atoms with Gasteiger partial charge in [0.1, 0.15) is 5.75 Å². The number of thiazole rings is 1. The minimum atomic E-state index is 0.0672. The van der Waals surface area contributed by atoms with Crippen molar-refractivity contribution in [2.75, 3.05) is 6.61 Å². The molecule has 3 rings (SSSR count). The molecule has 104 valence electrons. The number of hydrogen-bond acceptors (Lipinski definition) is 5. The average Bonchev–Trinajstić information content (AvgIpc) is 3.00. The molecule has 1 unspecified atom stereocenters. The predicted octanol–water partition coefficient (Wildman–Crippen LogP) is 4.12. The second-order valence-electron chi connectivity index (χ2n) is 4.73. The molecule has 1 atom stereocenters. The highest BCUT2D eigenvalue weighted by molar-refractivity contribution is 7.80. The number of ether oxygens (including phenoxy) is 1. The molecule has 0 saturated heterocycles. The Hall–Kier alpha value is -1.24. The third kappa shape index (κ3) is 2.39. The Bertz CT molecular complexity index is 790. The maximum Gasteiger partial charge on any atom is 0.129 e. The van der Waals surface area contributed by atoms with Crippen LogP contribution in [0.2, 0.25) is 0 Å². The van der Waals surface area contributed by atoms with E-state index in [0.29, 0.717) is 11.6 Å². The van der Waals surface area contributed by atoms with Crippen LogP contribution in [0.5, 0.6) is 5.75 Å². The summed E-state index contributed by atoms with van der Waals surface area (Å²) in [5.41, 5.74) is 6.71. The minimum Gasteiger partial charge on any atom is -0.492 e. The summed E-state index contributed by atoms with van der Waals surface area (Å²) < 4.78 is 8.28. The first kappa shape index (κ1) is 13.7. The third-order valence-electron chi connectivity index (χ3n) is 3.14. The molecule has 0 aliphatic rings. The first-order valence-corrected chi connectivity index (χ1v) is 8.36. The summed E-state index contributed by atoms with van der Waals surface area (Å²) in [7, 11) is 0. The van der Waals surface area contributed by atoms with Gasteiger partial charge >= 0.3 is 0 Å². The van der Waals surface area contributed by atoms with Crippen LogP contribution in [0.25, 0.3) is 20.3 Å². The number of hydrogen-bond donors (Lipinski definition) is 1. The lowest BCUT2D eigenvalue weighted by Gasteiger charge is -2.12. The van der Waals surface area contributed by atoms with E-state index in [9.17, 15) is 0 Å². The Balaban J connectivity index is 2.04. The Labute approximate surface area is 130 Å². The lowest BCUT2D eigenvalue weighted by atomic mass is 10.2. The van der Waals surface area contributed by atoms with Crippen molar-refractivity contribution in [2.45, 2.75) is 13.8 Å². The van der Waals surface area contributed by atoms with Crippen molar-refractivity contribution in [3.05, 3.63) is 22.5 Å². The Kier molecular flexibility index (Phi) is 3.62. The summed E-state index contributed by atoms with van der Waals surface area (Å²) in [5, 5.41) is 4.26. The molecular weight excluding hydrogens is 308 g/mol. The number of thiocarbonyl (C=S) groups is 1. The van der Waals surface area contributed by atoms with Crippen LogP contribution < -0.4 is 10.5 Å². The van der Waals surface area contributed by atoms with Gasteiger partial charge in [-0.15, -0.1) is 22.7 Å². The van der Waals surface area contributed by atoms with Gasteiger partial charge in [0, 0.05) is 17.4 Å². The van der Waals surface area contributed by atoms with Gasteiger partial charge < -0.3 is 10.5 Å². The molecule has 2 heterocycles. The summed E-state index contributed by atoms with van der Waals surface area (Å²) in [5.74, 6) is 0.957. The molecule has 6 heteroatoms. The smallest absolute Gasteiger partial charge is 0.129 e. The molecular formula is C14H14N2OS3. The van der Waals surface area contributed by atoms with Gasteiger partial charge in [0.15, 0.2) is 0 Å². The number of rotatable bonds is 4. The quantitative estimate of drug-likeness (QED) is 0.734. The first-order valence-electron chi connectivity index (χ1n) is 6.25. The molecule has 1 aromatic carbocycles. The molecule has 20 heavy (non-hydrogen) atoms. The highest BCUT2D eigenvalue weighted by atomic mass is 32.1. The summed E-state index contributed by atoms with van der Waals surface area (Å²) >= 11 is 8.37. The first-order chi connectivity index (χ1) is 9.56. The number of nitrogens with two attached hydrogens (primary N) is 1. The van der Waals surface area contributed by atoms with E-state index in [2.05, 4.69) is 22.5 Å². The maximum absolute atomic E-state index is 5.94. The zero-order chi connectivity index (χ0) is 14.3. The molecule has 0 amide bonds. The Morgan fingerprint density at radius 3 is 3.10 bits per heavy atom. The number of aromatic nitrogens is 1. The normalized spacial score (nSPS) is 12.9. The van der Waals surface area contributed by atoms with Gasteiger partial charge in [-0.25, -0.2) is 4.98 Å². The van der Waals surface area contributed by atoms with Crippen molar-refractivity contribution in [1.29, 1.82) is 0 Å². The number of aryl methyl sites for hydroxylation is 1. The van der Waals surface area contributed by atoms with E-state index in [0.717, 1.165) is 26.4 Å². The molecule has 0 aliphatic heterocycles. The van der Waals surface area contributed by atoms with E-state index >= 15 is 0 Å². The van der Waals surface area contributed by atoms with E-state index in [1.807, 2.05) is 13.8 Å². The molecule has 3 aromatic rings. The Morgan fingerprint density at radius 2 is 2.35 bits per heavy atom. The topological polar surface area (TPSA) is 48.1 Å². The van der Waals surface area contributed by atoms with E-state index in [-0.39, 0.29) is 5.92 Å². The molecule has 0 aliphatic carbocycles. The molecule has 0 spiro atoms. The fourth-order valence-corrected chi connectivity index (χ4v) is 3.90. The number of fused-ring (bicyclic) bond motifs is 3. The van der Waals surface area contributed by atoms with E-state index in [1.54, 1.807) is 22.7 Å². The zero-order valence-electron chi connectivity index (χ0n) is 11.2. The predicted molar refractivity (Wildman–Crippen MR) is 91.2 cm³/mol. The molecule has 0 fully saturated rings. The standard InChI is InChI=1S/C14H14N2OS3/c1-7(14(15)18)6-17-10-5-11-12(16-8(2)20-11)13-9(10)3-4-19-13/h3-5,7H,6H2,1-2H3,(H2,15,18). The molecule has 2 N–H and O–H groups in total. The van der Waals surface area contributed by atoms with Crippen molar-refractivity contribution in [3.63, 3.8) is 0 Å². The van der Waals surface area contributed by atoms with Gasteiger partial charge in [0.05, 0.1) is 31.5 Å². The minimum absolute atomic E-state index is 0.0672. The second kappa shape index (κ2) is 5.27. The van der Waals surface area contributed by atoms with Crippen LogP contribution in [-0.2, 0) is 0 Å². The van der Waals surface area contributed by atoms with E-state index in [1.165, 1.54) is 4.70 Å². The van der Waals surface area contributed by atoms with Crippen LogP contribution in [0.1, 0.15) is 11.9 Å². The van der Waals surface area contributed by atoms with Gasteiger partial charge in [-0.1, -0.05) is 19.1 Å². The zero-order valence-corrected chi connectivity index (χ0v) is 13.6. The number of nitrogens with zero attached hydrogens (tertiary/aromatic N) is 1. The second-order valence-corrected chi connectivity index (χ2v) is 7.35. The molecule has 3 nitrogen and oxygen atoms in total. The lowest BCUT2D eigenvalue weighted by molar-refractivity contribution is 0.297. The van der Waals surface area contributed by atoms with Crippen LogP contribution in [0.15, 0.2) is 17.5 Å². The van der Waals surface area contributed by atoms with Crippen molar-refractivity contribution < 1.29 is 4.74 Å². The van der Waals surface area contributed by atoms with Gasteiger partial charge in [-0.3, -0.25) is 0 Å². The van der Waals surface area contributed by atoms with Crippen molar-refractivity contribution in [1.82, 2.24) is 4.98 Å².